The molecule has 0 unspecified atom stereocenters. The molecule has 24 heavy (non-hydrogen) atoms. The molecule has 3 rings (SSSR count). The highest BCUT2D eigenvalue weighted by atomic mass is 16.5. The third-order valence-electron chi connectivity index (χ3n) is 4.50. The maximum atomic E-state index is 13.0. The summed E-state index contributed by atoms with van der Waals surface area (Å²) in [5.41, 5.74) is -0.214. The fraction of sp³-hybridized carbons (Fsp3) is 0.500. The Morgan fingerprint density at radius 2 is 1.96 bits per heavy atom. The second-order valence-corrected chi connectivity index (χ2v) is 6.14. The number of aromatic nitrogens is 3. The van der Waals surface area contributed by atoms with E-state index in [1.807, 2.05) is 6.07 Å². The van der Waals surface area contributed by atoms with E-state index in [0.717, 1.165) is 23.8 Å². The number of piperidine rings is 1. The highest BCUT2D eigenvalue weighted by Gasteiger charge is 2.32. The van der Waals surface area contributed by atoms with Crippen molar-refractivity contribution < 1.29 is 9.32 Å². The molecule has 2 aromatic rings. The average Bonchev–Trinajstić information content (AvgIpc) is 3.02. The van der Waals surface area contributed by atoms with Gasteiger partial charge in [-0.15, -0.1) is 0 Å². The summed E-state index contributed by atoms with van der Waals surface area (Å²) >= 11 is 0. The molecule has 3 heterocycles. The van der Waals surface area contributed by atoms with Gasteiger partial charge < -0.3 is 9.42 Å². The summed E-state index contributed by atoms with van der Waals surface area (Å²) in [4.78, 5) is 38.6. The van der Waals surface area contributed by atoms with Crippen LogP contribution in [-0.4, -0.2) is 31.6 Å². The molecule has 0 radical (unpaired) electrons. The molecular formula is C16H20N4O4. The minimum atomic E-state index is -0.517. The second kappa shape index (κ2) is 6.10. The van der Waals surface area contributed by atoms with E-state index in [0.29, 0.717) is 18.0 Å². The van der Waals surface area contributed by atoms with Crippen LogP contribution in [0.15, 0.2) is 26.2 Å². The van der Waals surface area contributed by atoms with Crippen LogP contribution in [0.2, 0.25) is 0 Å². The van der Waals surface area contributed by atoms with Crippen LogP contribution in [0, 0.1) is 6.92 Å². The molecule has 1 atom stereocenters. The van der Waals surface area contributed by atoms with Gasteiger partial charge in [-0.2, -0.15) is 0 Å². The molecule has 2 aromatic heterocycles. The predicted octanol–water partition coefficient (Wildman–Crippen LogP) is 0.748. The highest BCUT2D eigenvalue weighted by molar-refractivity contribution is 5.92. The lowest BCUT2D eigenvalue weighted by Gasteiger charge is -2.34. The van der Waals surface area contributed by atoms with Crippen molar-refractivity contribution in [1.29, 1.82) is 0 Å². The maximum absolute atomic E-state index is 13.0. The van der Waals surface area contributed by atoms with Gasteiger partial charge in [-0.1, -0.05) is 5.16 Å². The number of hydrogen-bond donors (Lipinski definition) is 0. The van der Waals surface area contributed by atoms with Gasteiger partial charge in [-0.3, -0.25) is 18.7 Å². The minimum absolute atomic E-state index is 0.0928. The number of nitrogens with zero attached hydrogens (tertiary/aromatic N) is 4. The lowest BCUT2D eigenvalue weighted by Crippen LogP contribution is -2.44. The normalized spacial score (nSPS) is 18.0. The molecule has 0 spiro atoms. The Balaban J connectivity index is 2.02. The Labute approximate surface area is 138 Å². The summed E-state index contributed by atoms with van der Waals surface area (Å²) in [5, 5.41) is 4.03. The van der Waals surface area contributed by atoms with Crippen molar-refractivity contribution in [2.45, 2.75) is 32.2 Å². The highest BCUT2D eigenvalue weighted by Crippen LogP contribution is 2.31. The van der Waals surface area contributed by atoms with E-state index in [1.54, 1.807) is 11.8 Å². The first-order valence-corrected chi connectivity index (χ1v) is 7.91. The Morgan fingerprint density at radius 1 is 1.21 bits per heavy atom. The molecule has 1 amide bonds. The number of amides is 1. The van der Waals surface area contributed by atoms with Crippen LogP contribution in [0.4, 0.5) is 0 Å². The molecular weight excluding hydrogens is 312 g/mol. The van der Waals surface area contributed by atoms with E-state index in [9.17, 15) is 14.4 Å². The first-order chi connectivity index (χ1) is 11.4. The molecule has 0 saturated carbocycles. The summed E-state index contributed by atoms with van der Waals surface area (Å²) in [5.74, 6) is 0.349. The van der Waals surface area contributed by atoms with Gasteiger partial charge in [0.25, 0.3) is 11.5 Å². The predicted molar refractivity (Wildman–Crippen MR) is 85.8 cm³/mol. The fourth-order valence-electron chi connectivity index (χ4n) is 3.11. The SMILES string of the molecule is Cc1cc([C@@H]2CCCCN2C(=O)c2cc(=O)n(C)c(=O)n2C)no1. The van der Waals surface area contributed by atoms with E-state index in [2.05, 4.69) is 5.16 Å². The van der Waals surface area contributed by atoms with Crippen LogP contribution in [0.3, 0.4) is 0 Å². The van der Waals surface area contributed by atoms with Crippen LogP contribution in [0.25, 0.3) is 0 Å². The molecule has 0 aliphatic carbocycles. The second-order valence-electron chi connectivity index (χ2n) is 6.14. The fourth-order valence-corrected chi connectivity index (χ4v) is 3.11. The van der Waals surface area contributed by atoms with Crippen molar-refractivity contribution >= 4 is 5.91 Å². The minimum Gasteiger partial charge on any atom is -0.361 e. The number of likely N-dealkylation sites (tertiary alicyclic amines) is 1. The standard InChI is InChI=1S/C16H20N4O4/c1-10-8-11(17-24-10)12-6-4-5-7-20(12)15(22)13-9-14(21)19(3)16(23)18(13)2/h8-9,12H,4-7H2,1-3H3/t12-/m0/s1. The number of carbonyl (C=O) groups is 1. The largest absolute Gasteiger partial charge is 0.361 e. The van der Waals surface area contributed by atoms with E-state index < -0.39 is 11.2 Å². The van der Waals surface area contributed by atoms with Gasteiger partial charge in [-0.25, -0.2) is 4.79 Å². The topological polar surface area (TPSA) is 90.3 Å². The summed E-state index contributed by atoms with van der Waals surface area (Å²) in [7, 11) is 2.88. The van der Waals surface area contributed by atoms with Crippen molar-refractivity contribution in [2.24, 2.45) is 14.1 Å². The van der Waals surface area contributed by atoms with E-state index in [-0.39, 0.29) is 17.6 Å². The molecule has 8 heteroatoms. The molecule has 8 nitrogen and oxygen atoms in total. The molecule has 1 fully saturated rings. The average molecular weight is 332 g/mol. The zero-order valence-corrected chi connectivity index (χ0v) is 14.0. The zero-order chi connectivity index (χ0) is 17.4. The van der Waals surface area contributed by atoms with Gasteiger partial charge in [0.1, 0.15) is 17.1 Å². The first kappa shape index (κ1) is 16.2. The summed E-state index contributed by atoms with van der Waals surface area (Å²) in [6.07, 6.45) is 2.63. The molecule has 1 aliphatic rings. The lowest BCUT2D eigenvalue weighted by atomic mass is 9.98. The Kier molecular flexibility index (Phi) is 4.13. The van der Waals surface area contributed by atoms with Crippen LogP contribution in [0.5, 0.6) is 0 Å². The van der Waals surface area contributed by atoms with Crippen LogP contribution < -0.4 is 11.2 Å². The number of rotatable bonds is 2. The molecule has 128 valence electrons. The van der Waals surface area contributed by atoms with E-state index in [1.165, 1.54) is 24.7 Å². The lowest BCUT2D eigenvalue weighted by molar-refractivity contribution is 0.0589. The molecule has 1 aliphatic heterocycles. The van der Waals surface area contributed by atoms with Gasteiger partial charge >= 0.3 is 5.69 Å². The van der Waals surface area contributed by atoms with Gasteiger partial charge in [0, 0.05) is 32.8 Å². The molecule has 0 N–H and O–H groups in total. The number of aryl methyl sites for hydroxylation is 1. The quantitative estimate of drug-likeness (QED) is 0.809. The van der Waals surface area contributed by atoms with Crippen molar-refractivity contribution in [3.63, 3.8) is 0 Å². The van der Waals surface area contributed by atoms with Crippen LogP contribution in [-0.2, 0) is 14.1 Å². The van der Waals surface area contributed by atoms with Gasteiger partial charge in [0.2, 0.25) is 0 Å². The summed E-state index contributed by atoms with van der Waals surface area (Å²) < 4.78 is 7.32. The van der Waals surface area contributed by atoms with Crippen LogP contribution >= 0.6 is 0 Å². The van der Waals surface area contributed by atoms with Crippen molar-refractivity contribution in [1.82, 2.24) is 19.2 Å². The molecule has 0 aromatic carbocycles. The van der Waals surface area contributed by atoms with E-state index in [4.69, 9.17) is 4.52 Å². The first-order valence-electron chi connectivity index (χ1n) is 7.91. The maximum Gasteiger partial charge on any atom is 0.331 e. The van der Waals surface area contributed by atoms with Gasteiger partial charge in [0.05, 0.1) is 6.04 Å². The third-order valence-corrected chi connectivity index (χ3v) is 4.50. The monoisotopic (exact) mass is 332 g/mol. The summed E-state index contributed by atoms with van der Waals surface area (Å²) in [6.45, 7) is 2.36. The van der Waals surface area contributed by atoms with Gasteiger partial charge in [-0.05, 0) is 26.2 Å². The van der Waals surface area contributed by atoms with Crippen molar-refractivity contribution in [3.8, 4) is 0 Å². The van der Waals surface area contributed by atoms with E-state index >= 15 is 0 Å². The zero-order valence-electron chi connectivity index (χ0n) is 14.0. The third kappa shape index (κ3) is 2.68. The van der Waals surface area contributed by atoms with Crippen molar-refractivity contribution in [3.05, 3.63) is 50.1 Å². The molecule has 1 saturated heterocycles. The molecule has 0 bridgehead atoms. The van der Waals surface area contributed by atoms with Crippen LogP contribution in [0.1, 0.15) is 47.2 Å². The van der Waals surface area contributed by atoms with Crippen molar-refractivity contribution in [2.75, 3.05) is 6.54 Å². The van der Waals surface area contributed by atoms with Gasteiger partial charge in [0.15, 0.2) is 0 Å². The summed E-state index contributed by atoms with van der Waals surface area (Å²) in [6, 6.07) is 2.82. The Hall–Kier alpha value is -2.64. The Morgan fingerprint density at radius 3 is 2.62 bits per heavy atom. The smallest absolute Gasteiger partial charge is 0.331 e. The number of hydrogen-bond acceptors (Lipinski definition) is 5. The number of carbonyl (C=O) groups excluding carboxylic acids is 1. The Bertz CT molecular complexity index is 892.